The van der Waals surface area contributed by atoms with Crippen LogP contribution in [0.2, 0.25) is 0 Å². The van der Waals surface area contributed by atoms with E-state index in [-0.39, 0.29) is 7.43 Å². The molecule has 0 aromatic carbocycles. The van der Waals surface area contributed by atoms with Gasteiger partial charge in [0.05, 0.1) is 6.20 Å². The normalized spacial score (nSPS) is 10.4. The van der Waals surface area contributed by atoms with Gasteiger partial charge in [-0.15, -0.1) is 0 Å². The van der Waals surface area contributed by atoms with Crippen LogP contribution in [-0.2, 0) is 4.74 Å². The summed E-state index contributed by atoms with van der Waals surface area (Å²) in [4.78, 5) is 3.56. The first-order valence-electron chi connectivity index (χ1n) is 2.57. The Morgan fingerprint density at radius 1 is 1.44 bits per heavy atom. The standard InChI is InChI=1S/C4H3NO.C2H6.CH4/c1-2-5-4-6-3-1;1-2;/h2-4H;1-2H3;1H4. The lowest BCUT2D eigenvalue weighted by molar-refractivity contribution is 0.491. The zero-order valence-corrected chi connectivity index (χ0v) is 5.09. The van der Waals surface area contributed by atoms with E-state index in [1.165, 1.54) is 18.9 Å². The maximum atomic E-state index is 4.51. The van der Waals surface area contributed by atoms with Crippen LogP contribution < -0.4 is 0 Å². The second kappa shape index (κ2) is 10.1. The van der Waals surface area contributed by atoms with Crippen LogP contribution in [0.5, 0.6) is 0 Å². The lowest BCUT2D eigenvalue weighted by atomic mass is 10.8. The third-order valence-corrected chi connectivity index (χ3v) is 0.407. The van der Waals surface area contributed by atoms with E-state index in [9.17, 15) is 0 Å². The lowest BCUT2D eigenvalue weighted by Gasteiger charge is -1.83. The quantitative estimate of drug-likeness (QED) is 0.458. The summed E-state index contributed by atoms with van der Waals surface area (Å²) in [6.45, 7) is 4.00. The predicted molar refractivity (Wildman–Crippen MR) is 40.3 cm³/mol. The highest BCUT2D eigenvalue weighted by molar-refractivity contribution is 5.49. The van der Waals surface area contributed by atoms with Crippen molar-refractivity contribution in [3.63, 3.8) is 0 Å². The third kappa shape index (κ3) is 6.99. The van der Waals surface area contributed by atoms with Gasteiger partial charge in [-0.1, -0.05) is 27.0 Å². The van der Waals surface area contributed by atoms with E-state index < -0.39 is 0 Å². The van der Waals surface area contributed by atoms with Crippen LogP contribution in [0.3, 0.4) is 0 Å². The van der Waals surface area contributed by atoms with E-state index in [4.69, 9.17) is 0 Å². The molecule has 0 fully saturated rings. The smallest absolute Gasteiger partial charge is 0.181 e. The molecule has 1 heterocycles. The minimum absolute atomic E-state index is 0. The van der Waals surface area contributed by atoms with Crippen LogP contribution in [0.1, 0.15) is 21.3 Å². The van der Waals surface area contributed by atoms with Gasteiger partial charge in [0.15, 0.2) is 6.40 Å². The molecule has 1 aliphatic heterocycles. The average molecular weight is 127 g/mol. The van der Waals surface area contributed by atoms with Gasteiger partial charge in [-0.25, -0.2) is 4.99 Å². The van der Waals surface area contributed by atoms with Crippen molar-refractivity contribution < 1.29 is 4.74 Å². The summed E-state index contributed by atoms with van der Waals surface area (Å²) >= 11 is 0. The fraction of sp³-hybridized carbons (Fsp3) is 0.429. The molecule has 0 aliphatic carbocycles. The van der Waals surface area contributed by atoms with Crippen molar-refractivity contribution in [1.82, 2.24) is 0 Å². The van der Waals surface area contributed by atoms with Crippen molar-refractivity contribution >= 4 is 6.40 Å². The molecule has 0 atom stereocenters. The molecule has 0 spiro atoms. The Kier molecular flexibility index (Phi) is 12.2. The summed E-state index contributed by atoms with van der Waals surface area (Å²) in [5, 5.41) is 0. The molecule has 0 aromatic rings. The minimum Gasteiger partial charge on any atom is -0.445 e. The largest absolute Gasteiger partial charge is 0.445 e. The van der Waals surface area contributed by atoms with Crippen LogP contribution in [0.15, 0.2) is 23.2 Å². The van der Waals surface area contributed by atoms with Crippen molar-refractivity contribution in [2.75, 3.05) is 0 Å². The Hall–Kier alpha value is -1.01. The minimum atomic E-state index is 0. The highest BCUT2D eigenvalue weighted by Gasteiger charge is 1.67. The molecule has 2 heteroatoms. The topological polar surface area (TPSA) is 21.6 Å². The van der Waals surface area contributed by atoms with Gasteiger partial charge < -0.3 is 4.74 Å². The second-order valence-corrected chi connectivity index (χ2v) is 0.804. The van der Waals surface area contributed by atoms with Gasteiger partial charge in [-0.2, -0.15) is 0 Å². The number of aliphatic imine (C=N–C) groups is 1. The molecule has 0 N–H and O–H groups in total. The molecule has 9 heavy (non-hydrogen) atoms. The number of hydrogen-bond donors (Lipinski definition) is 0. The number of nitrogens with zero attached hydrogens (tertiary/aromatic N) is 1. The van der Waals surface area contributed by atoms with Crippen LogP contribution >= 0.6 is 0 Å². The van der Waals surface area contributed by atoms with Gasteiger partial charge in [0.1, 0.15) is 6.26 Å². The summed E-state index contributed by atoms with van der Waals surface area (Å²) < 4.78 is 4.51. The number of ether oxygens (including phenoxy) is 1. The second-order valence-electron chi connectivity index (χ2n) is 0.804. The van der Waals surface area contributed by atoms with E-state index in [1.54, 1.807) is 0 Å². The Balaban J connectivity index is 0. The lowest BCUT2D eigenvalue weighted by Crippen LogP contribution is -1.74. The molecule has 0 radical (unpaired) electrons. The molecule has 0 aromatic heterocycles. The maximum Gasteiger partial charge on any atom is 0.181 e. The first kappa shape index (κ1) is 10.9. The summed E-state index contributed by atoms with van der Waals surface area (Å²) in [7, 11) is 0. The molecule has 2 nitrogen and oxygen atoms in total. The Morgan fingerprint density at radius 2 is 2.11 bits per heavy atom. The highest BCUT2D eigenvalue weighted by atomic mass is 16.5. The first-order chi connectivity index (χ1) is 4.00. The van der Waals surface area contributed by atoms with Crippen LogP contribution in [0, 0.1) is 0 Å². The molecule has 0 saturated heterocycles. The van der Waals surface area contributed by atoms with Crippen LogP contribution in [-0.4, -0.2) is 6.40 Å². The average Bonchev–Trinajstić information content (AvgIpc) is 1.96. The van der Waals surface area contributed by atoms with Crippen molar-refractivity contribution in [2.45, 2.75) is 21.3 Å². The summed E-state index contributed by atoms with van der Waals surface area (Å²) in [6, 6.07) is 0. The van der Waals surface area contributed by atoms with Crippen molar-refractivity contribution in [3.8, 4) is 0 Å². The number of hydrogen-bond acceptors (Lipinski definition) is 2. The van der Waals surface area contributed by atoms with E-state index >= 15 is 0 Å². The zero-order valence-electron chi connectivity index (χ0n) is 5.09. The Bertz CT molecular complexity index is 121. The van der Waals surface area contributed by atoms with Crippen molar-refractivity contribution in [3.05, 3.63) is 18.2 Å². The van der Waals surface area contributed by atoms with Gasteiger partial charge in [-0.3, -0.25) is 0 Å². The van der Waals surface area contributed by atoms with Gasteiger partial charge in [0.25, 0.3) is 0 Å². The van der Waals surface area contributed by atoms with Gasteiger partial charge in [-0.05, 0) is 0 Å². The summed E-state index contributed by atoms with van der Waals surface area (Å²) in [5.41, 5.74) is 2.61. The Labute approximate surface area is 56.6 Å². The van der Waals surface area contributed by atoms with E-state index in [0.717, 1.165) is 0 Å². The van der Waals surface area contributed by atoms with Crippen molar-refractivity contribution in [2.24, 2.45) is 4.99 Å². The molecule has 1 aliphatic rings. The summed E-state index contributed by atoms with van der Waals surface area (Å²) in [6.07, 6.45) is 4.31. The van der Waals surface area contributed by atoms with E-state index in [1.807, 2.05) is 13.8 Å². The van der Waals surface area contributed by atoms with E-state index in [0.29, 0.717) is 0 Å². The molecule has 0 saturated carbocycles. The summed E-state index contributed by atoms with van der Waals surface area (Å²) in [5.74, 6) is 0. The number of rotatable bonds is 0. The van der Waals surface area contributed by atoms with Crippen LogP contribution in [0.4, 0.5) is 0 Å². The van der Waals surface area contributed by atoms with E-state index in [2.05, 4.69) is 15.5 Å². The molecular formula is C7H13NO. The fourth-order valence-electron chi connectivity index (χ4n) is 0.209. The zero-order chi connectivity index (χ0) is 6.24. The van der Waals surface area contributed by atoms with Gasteiger partial charge in [0, 0.05) is 0 Å². The molecule has 0 unspecified atom stereocenters. The van der Waals surface area contributed by atoms with Crippen LogP contribution in [0.25, 0.3) is 0 Å². The SMILES string of the molecule is C.C1=CN=COC=1.CC. The fourth-order valence-corrected chi connectivity index (χ4v) is 0.209. The van der Waals surface area contributed by atoms with Gasteiger partial charge >= 0.3 is 0 Å². The highest BCUT2D eigenvalue weighted by Crippen LogP contribution is 1.77. The third-order valence-electron chi connectivity index (χ3n) is 0.407. The molecule has 52 valence electrons. The molecule has 0 bridgehead atoms. The molecule has 0 amide bonds. The maximum absolute atomic E-state index is 4.51. The predicted octanol–water partition coefficient (Wildman–Crippen LogP) is 2.33. The Morgan fingerprint density at radius 3 is 2.22 bits per heavy atom. The van der Waals surface area contributed by atoms with Crippen molar-refractivity contribution in [1.29, 1.82) is 0 Å². The van der Waals surface area contributed by atoms with Gasteiger partial charge in [0.2, 0.25) is 0 Å². The first-order valence-corrected chi connectivity index (χ1v) is 2.57. The molecule has 1 rings (SSSR count). The molecular weight excluding hydrogens is 114 g/mol. The monoisotopic (exact) mass is 127 g/mol.